The zero-order valence-electron chi connectivity index (χ0n) is 10.4. The van der Waals surface area contributed by atoms with Crippen molar-refractivity contribution < 1.29 is 4.79 Å². The van der Waals surface area contributed by atoms with Crippen LogP contribution in [0.25, 0.3) is 0 Å². The largest absolute Gasteiger partial charge is 0.392 e. The minimum Gasteiger partial charge on any atom is -0.392 e. The van der Waals surface area contributed by atoms with E-state index in [-0.39, 0.29) is 16.9 Å². The van der Waals surface area contributed by atoms with Gasteiger partial charge in [0, 0.05) is 5.56 Å². The Hall–Kier alpha value is -1.42. The predicted octanol–water partition coefficient (Wildman–Crippen LogP) is 2.21. The van der Waals surface area contributed by atoms with Crippen molar-refractivity contribution in [1.82, 2.24) is 5.32 Å². The molecule has 3 nitrogen and oxygen atoms in total. The first-order valence-corrected chi connectivity index (χ1v) is 6.02. The molecule has 92 valence electrons. The summed E-state index contributed by atoms with van der Waals surface area (Å²) >= 11 is 4.80. The third-order valence-corrected chi connectivity index (χ3v) is 2.97. The third-order valence-electron chi connectivity index (χ3n) is 2.61. The van der Waals surface area contributed by atoms with E-state index in [2.05, 4.69) is 19.2 Å². The van der Waals surface area contributed by atoms with Crippen LogP contribution >= 0.6 is 12.2 Å². The van der Waals surface area contributed by atoms with Crippen LogP contribution in [0.5, 0.6) is 0 Å². The number of amides is 1. The first-order chi connectivity index (χ1) is 7.91. The Morgan fingerprint density at radius 1 is 1.24 bits per heavy atom. The molecular formula is C13H18N2OS. The number of carbonyl (C=O) groups excluding carboxylic acids is 1. The molecule has 1 atom stereocenters. The molecule has 0 spiro atoms. The van der Waals surface area contributed by atoms with E-state index in [1.165, 1.54) is 5.56 Å². The zero-order valence-corrected chi connectivity index (χ0v) is 11.2. The molecule has 0 saturated heterocycles. The average molecular weight is 250 g/mol. The molecule has 1 aromatic rings. The van der Waals surface area contributed by atoms with E-state index in [1.54, 1.807) is 6.92 Å². The minimum absolute atomic E-state index is 0.152. The molecule has 0 fully saturated rings. The van der Waals surface area contributed by atoms with Crippen molar-refractivity contribution in [3.63, 3.8) is 0 Å². The zero-order chi connectivity index (χ0) is 13.0. The molecule has 0 radical (unpaired) electrons. The van der Waals surface area contributed by atoms with Gasteiger partial charge in [-0.25, -0.2) is 0 Å². The van der Waals surface area contributed by atoms with Gasteiger partial charge in [-0.2, -0.15) is 0 Å². The Morgan fingerprint density at radius 2 is 1.76 bits per heavy atom. The molecule has 3 N–H and O–H groups in total. The fourth-order valence-electron chi connectivity index (χ4n) is 1.37. The lowest BCUT2D eigenvalue weighted by Gasteiger charge is -2.12. The Kier molecular flexibility index (Phi) is 4.63. The van der Waals surface area contributed by atoms with Crippen molar-refractivity contribution in [1.29, 1.82) is 0 Å². The Bertz CT molecular complexity index is 412. The van der Waals surface area contributed by atoms with Gasteiger partial charge in [0.1, 0.15) is 0 Å². The number of benzene rings is 1. The summed E-state index contributed by atoms with van der Waals surface area (Å²) in [5.41, 5.74) is 7.28. The topological polar surface area (TPSA) is 55.1 Å². The highest BCUT2D eigenvalue weighted by Crippen LogP contribution is 2.14. The second-order valence-electron chi connectivity index (χ2n) is 4.37. The molecule has 0 aromatic heterocycles. The number of rotatable bonds is 4. The summed E-state index contributed by atoms with van der Waals surface area (Å²) in [5.74, 6) is 0.309. The molecule has 0 saturated carbocycles. The highest BCUT2D eigenvalue weighted by molar-refractivity contribution is 7.80. The van der Waals surface area contributed by atoms with Gasteiger partial charge in [-0.3, -0.25) is 4.79 Å². The molecule has 0 aliphatic carbocycles. The fraction of sp³-hybridized carbons (Fsp3) is 0.385. The van der Waals surface area contributed by atoms with Gasteiger partial charge >= 0.3 is 0 Å². The van der Waals surface area contributed by atoms with Crippen LogP contribution in [0.4, 0.5) is 0 Å². The van der Waals surface area contributed by atoms with Gasteiger partial charge in [0.25, 0.3) is 5.91 Å². The molecular weight excluding hydrogens is 232 g/mol. The van der Waals surface area contributed by atoms with Crippen molar-refractivity contribution in [3.8, 4) is 0 Å². The number of carbonyl (C=O) groups is 1. The van der Waals surface area contributed by atoms with Gasteiger partial charge in [0.2, 0.25) is 0 Å². The van der Waals surface area contributed by atoms with Gasteiger partial charge < -0.3 is 11.1 Å². The normalized spacial score (nSPS) is 12.2. The Morgan fingerprint density at radius 3 is 2.18 bits per heavy atom. The molecule has 0 bridgehead atoms. The standard InChI is InChI=1S/C13H18N2OS/c1-8(2)10-4-6-11(7-5-10)13(16)15-9(3)12(14)17/h4-9H,1-3H3,(H2,14,17)(H,15,16). The number of hydrogen-bond acceptors (Lipinski definition) is 2. The van der Waals surface area contributed by atoms with Crippen molar-refractivity contribution in [3.05, 3.63) is 35.4 Å². The van der Waals surface area contributed by atoms with Crippen LogP contribution in [0.2, 0.25) is 0 Å². The van der Waals surface area contributed by atoms with Crippen LogP contribution in [-0.4, -0.2) is 16.9 Å². The van der Waals surface area contributed by atoms with E-state index in [0.29, 0.717) is 11.5 Å². The smallest absolute Gasteiger partial charge is 0.251 e. The van der Waals surface area contributed by atoms with Gasteiger partial charge in [0.15, 0.2) is 0 Å². The van der Waals surface area contributed by atoms with Gasteiger partial charge in [-0.05, 0) is 30.5 Å². The first kappa shape index (κ1) is 13.6. The van der Waals surface area contributed by atoms with Gasteiger partial charge in [-0.1, -0.05) is 38.2 Å². The maximum absolute atomic E-state index is 11.8. The van der Waals surface area contributed by atoms with Crippen LogP contribution < -0.4 is 11.1 Å². The Labute approximate surface area is 107 Å². The van der Waals surface area contributed by atoms with Crippen LogP contribution in [0.1, 0.15) is 42.6 Å². The molecule has 0 aliphatic rings. The van der Waals surface area contributed by atoms with Crippen LogP contribution in [0, 0.1) is 0 Å². The predicted molar refractivity (Wildman–Crippen MR) is 74.2 cm³/mol. The lowest BCUT2D eigenvalue weighted by atomic mass is 10.0. The summed E-state index contributed by atoms with van der Waals surface area (Å²) in [6, 6.07) is 7.27. The van der Waals surface area contributed by atoms with Crippen molar-refractivity contribution >= 4 is 23.1 Å². The van der Waals surface area contributed by atoms with Crippen molar-refractivity contribution in [2.75, 3.05) is 0 Å². The number of hydrogen-bond donors (Lipinski definition) is 2. The van der Waals surface area contributed by atoms with E-state index in [0.717, 1.165) is 0 Å². The number of thiocarbonyl (C=S) groups is 1. The fourth-order valence-corrected chi connectivity index (χ4v) is 1.43. The lowest BCUT2D eigenvalue weighted by Crippen LogP contribution is -2.41. The summed E-state index contributed by atoms with van der Waals surface area (Å²) in [5, 5.41) is 2.74. The van der Waals surface area contributed by atoms with Crippen LogP contribution in [0.3, 0.4) is 0 Å². The van der Waals surface area contributed by atoms with Crippen molar-refractivity contribution in [2.45, 2.75) is 32.7 Å². The SMILES string of the molecule is CC(NC(=O)c1ccc(C(C)C)cc1)C(N)=S. The third kappa shape index (κ3) is 3.82. The lowest BCUT2D eigenvalue weighted by molar-refractivity contribution is 0.0949. The summed E-state index contributed by atoms with van der Waals surface area (Å²) in [4.78, 5) is 12.1. The number of nitrogens with one attached hydrogen (secondary N) is 1. The average Bonchev–Trinajstić information content (AvgIpc) is 2.28. The molecule has 0 heterocycles. The maximum Gasteiger partial charge on any atom is 0.251 e. The van der Waals surface area contributed by atoms with E-state index in [9.17, 15) is 4.79 Å². The summed E-state index contributed by atoms with van der Waals surface area (Å²) < 4.78 is 0. The van der Waals surface area contributed by atoms with Crippen LogP contribution in [0.15, 0.2) is 24.3 Å². The molecule has 17 heavy (non-hydrogen) atoms. The molecule has 0 aliphatic heterocycles. The highest BCUT2D eigenvalue weighted by Gasteiger charge is 2.11. The van der Waals surface area contributed by atoms with E-state index in [4.69, 9.17) is 18.0 Å². The summed E-state index contributed by atoms with van der Waals surface area (Å²) in [6.07, 6.45) is 0. The maximum atomic E-state index is 11.8. The van der Waals surface area contributed by atoms with Crippen LogP contribution in [-0.2, 0) is 0 Å². The second kappa shape index (κ2) is 5.77. The number of nitrogens with two attached hydrogens (primary N) is 1. The summed E-state index contributed by atoms with van der Waals surface area (Å²) in [7, 11) is 0. The van der Waals surface area contributed by atoms with Gasteiger partial charge in [-0.15, -0.1) is 0 Å². The monoisotopic (exact) mass is 250 g/mol. The van der Waals surface area contributed by atoms with E-state index < -0.39 is 0 Å². The Balaban J connectivity index is 2.73. The molecule has 1 amide bonds. The second-order valence-corrected chi connectivity index (χ2v) is 4.85. The van der Waals surface area contributed by atoms with E-state index >= 15 is 0 Å². The molecule has 1 aromatic carbocycles. The first-order valence-electron chi connectivity index (χ1n) is 5.62. The van der Waals surface area contributed by atoms with E-state index in [1.807, 2.05) is 24.3 Å². The minimum atomic E-state index is -0.290. The summed E-state index contributed by atoms with van der Waals surface area (Å²) in [6.45, 7) is 6.00. The molecule has 4 heteroatoms. The van der Waals surface area contributed by atoms with Gasteiger partial charge in [0.05, 0.1) is 11.0 Å². The quantitative estimate of drug-likeness (QED) is 0.806. The molecule has 1 rings (SSSR count). The highest BCUT2D eigenvalue weighted by atomic mass is 32.1. The van der Waals surface area contributed by atoms with Crippen molar-refractivity contribution in [2.24, 2.45) is 5.73 Å². The molecule has 1 unspecified atom stereocenters.